The molecule has 0 aromatic carbocycles. The van der Waals surface area contributed by atoms with Gasteiger partial charge in [-0.1, -0.05) is 13.8 Å². The lowest BCUT2D eigenvalue weighted by molar-refractivity contribution is -0.143. The summed E-state index contributed by atoms with van der Waals surface area (Å²) in [5.74, 6) is 0.841. The Morgan fingerprint density at radius 2 is 2.11 bits per heavy atom. The van der Waals surface area contributed by atoms with Gasteiger partial charge in [0.1, 0.15) is 0 Å². The van der Waals surface area contributed by atoms with Crippen LogP contribution in [-0.2, 0) is 9.59 Å². The molecule has 0 aromatic rings. The molecular formula is C15H26N2O2. The van der Waals surface area contributed by atoms with Gasteiger partial charge in [-0.15, -0.1) is 0 Å². The van der Waals surface area contributed by atoms with E-state index in [0.29, 0.717) is 18.9 Å². The van der Waals surface area contributed by atoms with E-state index in [-0.39, 0.29) is 17.1 Å². The van der Waals surface area contributed by atoms with Gasteiger partial charge in [-0.3, -0.25) is 9.59 Å². The predicted molar refractivity (Wildman–Crippen MR) is 74.8 cm³/mol. The molecule has 2 aliphatic heterocycles. The number of piperidine rings is 2. The van der Waals surface area contributed by atoms with E-state index in [9.17, 15) is 9.59 Å². The molecule has 108 valence electrons. The number of likely N-dealkylation sites (tertiary alicyclic amines) is 2. The van der Waals surface area contributed by atoms with Crippen molar-refractivity contribution < 1.29 is 9.59 Å². The standard InChI is InChI=1S/C15H26N2O2/c1-15(2)6-8-17(11-13(15)18)14(19)9-12-5-4-7-16(3)10-12/h12H,4-11H2,1-3H3. The van der Waals surface area contributed by atoms with Gasteiger partial charge in [0, 0.05) is 24.9 Å². The van der Waals surface area contributed by atoms with Crippen LogP contribution in [0, 0.1) is 11.3 Å². The summed E-state index contributed by atoms with van der Waals surface area (Å²) in [6.45, 7) is 7.16. The fraction of sp³-hybridized carbons (Fsp3) is 0.867. The highest BCUT2D eigenvalue weighted by molar-refractivity contribution is 5.90. The van der Waals surface area contributed by atoms with Gasteiger partial charge in [0.05, 0.1) is 6.54 Å². The molecule has 0 aromatic heterocycles. The molecule has 2 saturated heterocycles. The van der Waals surface area contributed by atoms with E-state index in [0.717, 1.165) is 32.5 Å². The molecule has 1 amide bonds. The quantitative estimate of drug-likeness (QED) is 0.761. The van der Waals surface area contributed by atoms with E-state index in [2.05, 4.69) is 11.9 Å². The van der Waals surface area contributed by atoms with Crippen molar-refractivity contribution in [3.8, 4) is 0 Å². The van der Waals surface area contributed by atoms with Gasteiger partial charge in [-0.25, -0.2) is 0 Å². The maximum absolute atomic E-state index is 12.3. The van der Waals surface area contributed by atoms with Crippen LogP contribution in [0.25, 0.3) is 0 Å². The lowest BCUT2D eigenvalue weighted by Crippen LogP contribution is -2.48. The largest absolute Gasteiger partial charge is 0.335 e. The van der Waals surface area contributed by atoms with E-state index >= 15 is 0 Å². The zero-order chi connectivity index (χ0) is 14.0. The summed E-state index contributed by atoms with van der Waals surface area (Å²) in [6, 6.07) is 0. The van der Waals surface area contributed by atoms with Gasteiger partial charge in [0.15, 0.2) is 5.78 Å². The van der Waals surface area contributed by atoms with E-state index in [1.165, 1.54) is 6.42 Å². The highest BCUT2D eigenvalue weighted by Gasteiger charge is 2.35. The van der Waals surface area contributed by atoms with E-state index < -0.39 is 0 Å². The van der Waals surface area contributed by atoms with Crippen molar-refractivity contribution in [2.24, 2.45) is 11.3 Å². The zero-order valence-electron chi connectivity index (χ0n) is 12.4. The normalized spacial score (nSPS) is 28.5. The Bertz CT molecular complexity index is 365. The molecule has 4 heteroatoms. The van der Waals surface area contributed by atoms with Crippen LogP contribution < -0.4 is 0 Å². The second-order valence-corrected chi connectivity index (χ2v) is 6.85. The fourth-order valence-electron chi connectivity index (χ4n) is 3.05. The van der Waals surface area contributed by atoms with E-state index in [4.69, 9.17) is 0 Å². The second-order valence-electron chi connectivity index (χ2n) is 6.85. The first-order valence-electron chi connectivity index (χ1n) is 7.38. The van der Waals surface area contributed by atoms with Gasteiger partial charge in [-0.2, -0.15) is 0 Å². The minimum absolute atomic E-state index is 0.171. The Labute approximate surface area is 116 Å². The molecule has 2 fully saturated rings. The average Bonchev–Trinajstić information content (AvgIpc) is 2.32. The van der Waals surface area contributed by atoms with Crippen molar-refractivity contribution in [1.29, 1.82) is 0 Å². The molecule has 19 heavy (non-hydrogen) atoms. The maximum atomic E-state index is 12.3. The van der Waals surface area contributed by atoms with Gasteiger partial charge in [0.25, 0.3) is 0 Å². The lowest BCUT2D eigenvalue weighted by atomic mass is 9.81. The van der Waals surface area contributed by atoms with Crippen molar-refractivity contribution in [2.75, 3.05) is 33.2 Å². The highest BCUT2D eigenvalue weighted by atomic mass is 16.2. The molecule has 0 spiro atoms. The molecule has 2 rings (SSSR count). The number of ketones is 1. The Kier molecular flexibility index (Phi) is 4.29. The minimum Gasteiger partial charge on any atom is -0.335 e. The Morgan fingerprint density at radius 1 is 1.37 bits per heavy atom. The summed E-state index contributed by atoms with van der Waals surface area (Å²) < 4.78 is 0. The van der Waals surface area contributed by atoms with Crippen LogP contribution in [-0.4, -0.2) is 54.7 Å². The van der Waals surface area contributed by atoms with Crippen molar-refractivity contribution in [3.63, 3.8) is 0 Å². The van der Waals surface area contributed by atoms with E-state index in [1.54, 1.807) is 4.90 Å². The number of amides is 1. The zero-order valence-corrected chi connectivity index (χ0v) is 12.4. The Morgan fingerprint density at radius 3 is 2.74 bits per heavy atom. The first-order valence-corrected chi connectivity index (χ1v) is 7.38. The molecule has 0 N–H and O–H groups in total. The molecule has 0 radical (unpaired) electrons. The van der Waals surface area contributed by atoms with Gasteiger partial charge < -0.3 is 9.80 Å². The lowest BCUT2D eigenvalue weighted by Gasteiger charge is -2.37. The molecule has 4 nitrogen and oxygen atoms in total. The fourth-order valence-corrected chi connectivity index (χ4v) is 3.05. The summed E-state index contributed by atoms with van der Waals surface area (Å²) in [5, 5.41) is 0. The molecule has 0 aliphatic carbocycles. The van der Waals surface area contributed by atoms with Gasteiger partial charge in [0.2, 0.25) is 5.91 Å². The third-order valence-electron chi connectivity index (χ3n) is 4.63. The van der Waals surface area contributed by atoms with Crippen LogP contribution in [0.4, 0.5) is 0 Å². The summed E-state index contributed by atoms with van der Waals surface area (Å²) in [5.41, 5.74) is -0.248. The van der Waals surface area contributed by atoms with Crippen LogP contribution in [0.2, 0.25) is 0 Å². The molecule has 0 saturated carbocycles. The number of Topliss-reactive ketones (excluding diaryl/α,β-unsaturated/α-hetero) is 1. The average molecular weight is 266 g/mol. The molecular weight excluding hydrogens is 240 g/mol. The third kappa shape index (κ3) is 3.56. The maximum Gasteiger partial charge on any atom is 0.223 e. The number of hydrogen-bond acceptors (Lipinski definition) is 3. The minimum atomic E-state index is -0.248. The third-order valence-corrected chi connectivity index (χ3v) is 4.63. The number of hydrogen-bond donors (Lipinski definition) is 0. The summed E-state index contributed by atoms with van der Waals surface area (Å²) >= 11 is 0. The Hall–Kier alpha value is -0.900. The summed E-state index contributed by atoms with van der Waals surface area (Å²) in [7, 11) is 2.11. The van der Waals surface area contributed by atoms with Crippen LogP contribution in [0.5, 0.6) is 0 Å². The second kappa shape index (κ2) is 5.61. The molecule has 0 bridgehead atoms. The molecule has 1 unspecified atom stereocenters. The van der Waals surface area contributed by atoms with Gasteiger partial charge in [-0.05, 0) is 38.8 Å². The molecule has 2 aliphatic rings. The van der Waals surface area contributed by atoms with Crippen LogP contribution >= 0.6 is 0 Å². The van der Waals surface area contributed by atoms with Crippen LogP contribution in [0.3, 0.4) is 0 Å². The summed E-state index contributed by atoms with van der Waals surface area (Å²) in [4.78, 5) is 28.3. The molecule has 2 heterocycles. The monoisotopic (exact) mass is 266 g/mol. The summed E-state index contributed by atoms with van der Waals surface area (Å²) in [6.07, 6.45) is 3.73. The first kappa shape index (κ1) is 14.5. The smallest absolute Gasteiger partial charge is 0.223 e. The number of carbonyl (C=O) groups is 2. The molecule has 1 atom stereocenters. The van der Waals surface area contributed by atoms with Crippen molar-refractivity contribution in [1.82, 2.24) is 9.80 Å². The number of carbonyl (C=O) groups excluding carboxylic acids is 2. The first-order chi connectivity index (χ1) is 8.88. The van der Waals surface area contributed by atoms with Crippen molar-refractivity contribution >= 4 is 11.7 Å². The predicted octanol–water partition coefficient (Wildman–Crippen LogP) is 1.55. The topological polar surface area (TPSA) is 40.6 Å². The van der Waals surface area contributed by atoms with Crippen LogP contribution in [0.1, 0.15) is 39.5 Å². The SMILES string of the molecule is CN1CCCC(CC(=O)N2CCC(C)(C)C(=O)C2)C1. The number of nitrogens with zero attached hydrogens (tertiary/aromatic N) is 2. The van der Waals surface area contributed by atoms with Crippen LogP contribution in [0.15, 0.2) is 0 Å². The Balaban J connectivity index is 1.85. The highest BCUT2D eigenvalue weighted by Crippen LogP contribution is 2.28. The number of rotatable bonds is 2. The van der Waals surface area contributed by atoms with E-state index in [1.807, 2.05) is 13.8 Å². The van der Waals surface area contributed by atoms with Crippen molar-refractivity contribution in [2.45, 2.75) is 39.5 Å². The van der Waals surface area contributed by atoms with Gasteiger partial charge >= 0.3 is 0 Å². The van der Waals surface area contributed by atoms with Crippen molar-refractivity contribution in [3.05, 3.63) is 0 Å².